The molecule has 1 amide bonds. The average molecular weight is 412 g/mol. The van der Waals surface area contributed by atoms with Gasteiger partial charge in [-0.1, -0.05) is 29.5 Å². The van der Waals surface area contributed by atoms with Gasteiger partial charge in [-0.05, 0) is 44.8 Å². The average Bonchev–Trinajstić information content (AvgIpc) is 3.00. The van der Waals surface area contributed by atoms with Crippen LogP contribution in [0.1, 0.15) is 15.9 Å². The lowest BCUT2D eigenvalue weighted by atomic mass is 10.1. The Labute approximate surface area is 166 Å². The van der Waals surface area contributed by atoms with Gasteiger partial charge in [0.15, 0.2) is 5.13 Å². The molecule has 8 heteroatoms. The number of para-hydroxylation sites is 1. The molecule has 0 spiro atoms. The fourth-order valence-electron chi connectivity index (χ4n) is 2.61. The number of anilines is 1. The van der Waals surface area contributed by atoms with Crippen molar-refractivity contribution in [2.24, 2.45) is 0 Å². The van der Waals surface area contributed by atoms with Gasteiger partial charge in [0, 0.05) is 13.1 Å². The van der Waals surface area contributed by atoms with Crippen LogP contribution in [0.15, 0.2) is 36.4 Å². The maximum absolute atomic E-state index is 14.1. The fraction of sp³-hybridized carbons (Fsp3) is 0.263. The van der Waals surface area contributed by atoms with Crippen LogP contribution in [0.25, 0.3) is 10.2 Å². The number of aryl methyl sites for hydroxylation is 1. The number of amides is 1. The molecule has 0 saturated carbocycles. The number of likely N-dealkylation sites (N-methyl/N-ethyl adjacent to an activating group) is 1. The smallest absolute Gasteiger partial charge is 0.266 e. The molecule has 0 radical (unpaired) electrons. The second-order valence-corrected chi connectivity index (χ2v) is 7.28. The van der Waals surface area contributed by atoms with Crippen molar-refractivity contribution >= 4 is 45.0 Å². The van der Waals surface area contributed by atoms with Crippen LogP contribution in [-0.4, -0.2) is 43.0 Å². The maximum Gasteiger partial charge on any atom is 0.266 e. The van der Waals surface area contributed by atoms with E-state index in [2.05, 4.69) is 4.98 Å². The number of benzene rings is 2. The first-order chi connectivity index (χ1) is 12.4. The molecule has 3 rings (SSSR count). The third-order valence-corrected chi connectivity index (χ3v) is 5.08. The Morgan fingerprint density at radius 1 is 1.07 bits per heavy atom. The Balaban J connectivity index is 0.00000261. The number of halogens is 3. The number of hydrogen-bond acceptors (Lipinski definition) is 4. The highest BCUT2D eigenvalue weighted by Gasteiger charge is 2.26. The zero-order valence-electron chi connectivity index (χ0n) is 15.2. The lowest BCUT2D eigenvalue weighted by Gasteiger charge is -2.22. The number of carbonyl (C=O) groups is 1. The molecule has 0 unspecified atom stereocenters. The Kier molecular flexibility index (Phi) is 6.86. The molecule has 0 saturated heterocycles. The molecule has 0 bridgehead atoms. The van der Waals surface area contributed by atoms with Gasteiger partial charge < -0.3 is 4.90 Å². The third-order valence-electron chi connectivity index (χ3n) is 4.03. The van der Waals surface area contributed by atoms with Crippen molar-refractivity contribution < 1.29 is 13.6 Å². The summed E-state index contributed by atoms with van der Waals surface area (Å²) < 4.78 is 29.2. The van der Waals surface area contributed by atoms with Crippen LogP contribution >= 0.6 is 23.7 Å². The number of hydrogen-bond donors (Lipinski definition) is 0. The number of thiazole rings is 1. The molecule has 1 aromatic heterocycles. The summed E-state index contributed by atoms with van der Waals surface area (Å²) in [4.78, 5) is 20.8. The fourth-order valence-corrected chi connectivity index (χ4v) is 3.68. The first kappa shape index (κ1) is 21.2. The summed E-state index contributed by atoms with van der Waals surface area (Å²) in [5.41, 5.74) is 1.23. The molecule has 0 N–H and O–H groups in total. The number of fused-ring (bicyclic) bond motifs is 1. The minimum absolute atomic E-state index is 0. The summed E-state index contributed by atoms with van der Waals surface area (Å²) in [5, 5.41) is 0.434. The molecular formula is C19H20ClF2N3OS. The zero-order chi connectivity index (χ0) is 18.8. The summed E-state index contributed by atoms with van der Waals surface area (Å²) in [6, 6.07) is 9.19. The van der Waals surface area contributed by atoms with E-state index in [1.54, 1.807) is 0 Å². The van der Waals surface area contributed by atoms with Gasteiger partial charge in [0.1, 0.15) is 17.2 Å². The van der Waals surface area contributed by atoms with E-state index in [0.29, 0.717) is 11.7 Å². The predicted molar refractivity (Wildman–Crippen MR) is 108 cm³/mol. The Morgan fingerprint density at radius 3 is 2.30 bits per heavy atom. The number of carbonyl (C=O) groups excluding carboxylic acids is 1. The number of rotatable bonds is 5. The van der Waals surface area contributed by atoms with Gasteiger partial charge in [-0.15, -0.1) is 12.4 Å². The minimum atomic E-state index is -0.873. The van der Waals surface area contributed by atoms with Gasteiger partial charge >= 0.3 is 0 Å². The molecular weight excluding hydrogens is 392 g/mol. The van der Waals surface area contributed by atoms with Gasteiger partial charge in [-0.3, -0.25) is 9.69 Å². The summed E-state index contributed by atoms with van der Waals surface area (Å²) >= 11 is 1.34. The van der Waals surface area contributed by atoms with E-state index in [1.807, 2.05) is 44.1 Å². The van der Waals surface area contributed by atoms with Crippen LogP contribution in [0, 0.1) is 18.6 Å². The van der Waals surface area contributed by atoms with Gasteiger partial charge in [-0.25, -0.2) is 13.8 Å². The Morgan fingerprint density at radius 2 is 1.70 bits per heavy atom. The third kappa shape index (κ3) is 4.43. The van der Waals surface area contributed by atoms with Crippen LogP contribution in [0.2, 0.25) is 0 Å². The monoisotopic (exact) mass is 411 g/mol. The van der Waals surface area contributed by atoms with Crippen LogP contribution < -0.4 is 4.90 Å². The standard InChI is InChI=1S/C19H19F2N3OS.ClH/c1-12-6-4-9-15-17(12)22-19(26-15)24(11-10-23(2)3)18(25)16-13(20)7-5-8-14(16)21;/h4-9H,10-11H2,1-3H3;1H. The Hall–Kier alpha value is -2.09. The van der Waals surface area contributed by atoms with Gasteiger partial charge in [-0.2, -0.15) is 0 Å². The van der Waals surface area contributed by atoms with E-state index in [4.69, 9.17) is 0 Å². The number of aromatic nitrogens is 1. The molecule has 0 aliphatic carbocycles. The molecule has 1 heterocycles. The van der Waals surface area contributed by atoms with Gasteiger partial charge in [0.05, 0.1) is 10.2 Å². The highest BCUT2D eigenvalue weighted by atomic mass is 35.5. The molecule has 144 valence electrons. The highest BCUT2D eigenvalue weighted by Crippen LogP contribution is 2.31. The van der Waals surface area contributed by atoms with Gasteiger partial charge in [0.2, 0.25) is 0 Å². The minimum Gasteiger partial charge on any atom is -0.308 e. The van der Waals surface area contributed by atoms with Crippen molar-refractivity contribution in [2.45, 2.75) is 6.92 Å². The van der Waals surface area contributed by atoms with Crippen molar-refractivity contribution in [1.29, 1.82) is 0 Å². The van der Waals surface area contributed by atoms with Crippen LogP contribution in [0.4, 0.5) is 13.9 Å². The number of nitrogens with zero attached hydrogens (tertiary/aromatic N) is 3. The molecule has 4 nitrogen and oxygen atoms in total. The largest absolute Gasteiger partial charge is 0.308 e. The summed E-state index contributed by atoms with van der Waals surface area (Å²) in [5.74, 6) is -2.47. The van der Waals surface area contributed by atoms with Crippen molar-refractivity contribution in [1.82, 2.24) is 9.88 Å². The zero-order valence-corrected chi connectivity index (χ0v) is 16.8. The van der Waals surface area contributed by atoms with E-state index >= 15 is 0 Å². The first-order valence-electron chi connectivity index (χ1n) is 8.15. The highest BCUT2D eigenvalue weighted by molar-refractivity contribution is 7.22. The molecule has 0 atom stereocenters. The van der Waals surface area contributed by atoms with Crippen LogP contribution in [0.3, 0.4) is 0 Å². The van der Waals surface area contributed by atoms with E-state index < -0.39 is 23.1 Å². The van der Waals surface area contributed by atoms with E-state index in [1.165, 1.54) is 22.3 Å². The lowest BCUT2D eigenvalue weighted by molar-refractivity contribution is 0.0977. The quantitative estimate of drug-likeness (QED) is 0.619. The maximum atomic E-state index is 14.1. The van der Waals surface area contributed by atoms with Crippen molar-refractivity contribution in [3.8, 4) is 0 Å². The predicted octanol–water partition coefficient (Wildman–Crippen LogP) is 4.51. The topological polar surface area (TPSA) is 36.4 Å². The normalized spacial score (nSPS) is 10.9. The van der Waals surface area contributed by atoms with Crippen LogP contribution in [0.5, 0.6) is 0 Å². The first-order valence-corrected chi connectivity index (χ1v) is 8.97. The summed E-state index contributed by atoms with van der Waals surface area (Å²) in [6.45, 7) is 2.75. The molecule has 3 aromatic rings. The van der Waals surface area contributed by atoms with Crippen molar-refractivity contribution in [3.05, 3.63) is 59.2 Å². The second-order valence-electron chi connectivity index (χ2n) is 6.27. The van der Waals surface area contributed by atoms with Crippen molar-refractivity contribution in [2.75, 3.05) is 32.1 Å². The lowest BCUT2D eigenvalue weighted by Crippen LogP contribution is -2.37. The molecule has 27 heavy (non-hydrogen) atoms. The SMILES string of the molecule is Cc1cccc2sc(N(CCN(C)C)C(=O)c3c(F)cccc3F)nc12.Cl. The molecule has 0 aliphatic rings. The van der Waals surface area contributed by atoms with Crippen LogP contribution in [-0.2, 0) is 0 Å². The second kappa shape index (κ2) is 8.73. The molecule has 0 fully saturated rings. The summed E-state index contributed by atoms with van der Waals surface area (Å²) in [6.07, 6.45) is 0. The molecule has 0 aliphatic heterocycles. The molecule has 2 aromatic carbocycles. The van der Waals surface area contributed by atoms with Crippen molar-refractivity contribution in [3.63, 3.8) is 0 Å². The van der Waals surface area contributed by atoms with E-state index in [0.717, 1.165) is 27.9 Å². The van der Waals surface area contributed by atoms with E-state index in [-0.39, 0.29) is 19.0 Å². The Bertz CT molecular complexity index is 941. The summed E-state index contributed by atoms with van der Waals surface area (Å²) in [7, 11) is 3.74. The van der Waals surface area contributed by atoms with E-state index in [9.17, 15) is 13.6 Å². The van der Waals surface area contributed by atoms with Gasteiger partial charge in [0.25, 0.3) is 5.91 Å².